The van der Waals surface area contributed by atoms with Crippen LogP contribution in [0.25, 0.3) is 11.3 Å². The maximum atomic E-state index is 4.85. The Labute approximate surface area is 112 Å². The van der Waals surface area contributed by atoms with E-state index in [1.807, 2.05) is 18.4 Å². The number of nitrogens with one attached hydrogen (secondary N) is 1. The predicted octanol–water partition coefficient (Wildman–Crippen LogP) is 3.37. The molecule has 2 aromatic rings. The summed E-state index contributed by atoms with van der Waals surface area (Å²) in [5, 5.41) is 6.79. The smallest absolute Gasteiger partial charge is 0.101 e. The Morgan fingerprint density at radius 3 is 2.89 bits per heavy atom. The molecule has 0 amide bonds. The first-order chi connectivity index (χ1) is 8.73. The van der Waals surface area contributed by atoms with Crippen molar-refractivity contribution in [1.82, 2.24) is 10.3 Å². The van der Waals surface area contributed by atoms with Crippen molar-refractivity contribution in [1.29, 1.82) is 0 Å². The average molecular weight is 258 g/mol. The Morgan fingerprint density at radius 1 is 1.39 bits per heavy atom. The molecule has 2 nitrogen and oxygen atoms in total. The lowest BCUT2D eigenvalue weighted by atomic mass is 10.1. The average Bonchev–Trinajstić information content (AvgIpc) is 2.97. The highest BCUT2D eigenvalue weighted by molar-refractivity contribution is 7.10. The monoisotopic (exact) mass is 258 g/mol. The third kappa shape index (κ3) is 2.08. The topological polar surface area (TPSA) is 24.9 Å². The summed E-state index contributed by atoms with van der Waals surface area (Å²) in [5.41, 5.74) is 3.99. The molecule has 0 radical (unpaired) electrons. The Kier molecular flexibility index (Phi) is 2.96. The van der Waals surface area contributed by atoms with Crippen molar-refractivity contribution >= 4 is 11.3 Å². The second-order valence-electron chi connectivity index (χ2n) is 5.22. The first-order valence-electron chi connectivity index (χ1n) is 6.41. The van der Waals surface area contributed by atoms with Gasteiger partial charge in [0, 0.05) is 22.9 Å². The fraction of sp³-hybridized carbons (Fsp3) is 0.400. The molecule has 1 aliphatic carbocycles. The fourth-order valence-electron chi connectivity index (χ4n) is 2.41. The number of nitrogens with zero attached hydrogens (tertiary/aromatic N) is 1. The van der Waals surface area contributed by atoms with Gasteiger partial charge >= 0.3 is 0 Å². The van der Waals surface area contributed by atoms with Crippen molar-refractivity contribution in [2.24, 2.45) is 0 Å². The van der Waals surface area contributed by atoms with Gasteiger partial charge in [-0.2, -0.15) is 0 Å². The lowest BCUT2D eigenvalue weighted by molar-refractivity contribution is 0.621. The van der Waals surface area contributed by atoms with Crippen molar-refractivity contribution < 1.29 is 0 Å². The molecule has 0 saturated heterocycles. The van der Waals surface area contributed by atoms with Gasteiger partial charge in [-0.15, -0.1) is 11.3 Å². The van der Waals surface area contributed by atoms with Crippen LogP contribution in [-0.4, -0.2) is 18.6 Å². The molecule has 1 fully saturated rings. The molecule has 0 bridgehead atoms. The Morgan fingerprint density at radius 2 is 2.22 bits per heavy atom. The van der Waals surface area contributed by atoms with Crippen molar-refractivity contribution in [3.05, 3.63) is 40.2 Å². The van der Waals surface area contributed by atoms with Gasteiger partial charge < -0.3 is 5.32 Å². The highest BCUT2D eigenvalue weighted by Gasteiger charge is 2.46. The summed E-state index contributed by atoms with van der Waals surface area (Å²) >= 11 is 1.81. The van der Waals surface area contributed by atoms with Gasteiger partial charge in [0.15, 0.2) is 0 Å². The van der Waals surface area contributed by atoms with Crippen molar-refractivity contribution in [3.8, 4) is 11.3 Å². The summed E-state index contributed by atoms with van der Waals surface area (Å²) < 4.78 is 0. The molecule has 0 unspecified atom stereocenters. The molecule has 0 spiro atoms. The lowest BCUT2D eigenvalue weighted by Crippen LogP contribution is -2.23. The SMILES string of the molecule is CNCC1(c2nc(-c3cccc(C)c3)cs2)CC1. The zero-order valence-corrected chi connectivity index (χ0v) is 11.7. The van der Waals surface area contributed by atoms with E-state index < -0.39 is 0 Å². The molecule has 1 aromatic heterocycles. The summed E-state index contributed by atoms with van der Waals surface area (Å²) in [7, 11) is 2.02. The van der Waals surface area contributed by atoms with Crippen LogP contribution in [0, 0.1) is 6.92 Å². The summed E-state index contributed by atoms with van der Waals surface area (Å²) in [5.74, 6) is 0. The van der Waals surface area contributed by atoms with E-state index in [-0.39, 0.29) is 0 Å². The van der Waals surface area contributed by atoms with Crippen LogP contribution in [0.4, 0.5) is 0 Å². The Balaban J connectivity index is 1.90. The van der Waals surface area contributed by atoms with Crippen molar-refractivity contribution in [2.75, 3.05) is 13.6 Å². The molecule has 1 aliphatic rings. The van der Waals surface area contributed by atoms with Gasteiger partial charge in [0.2, 0.25) is 0 Å². The maximum Gasteiger partial charge on any atom is 0.101 e. The first kappa shape index (κ1) is 11.9. The van der Waals surface area contributed by atoms with Crippen LogP contribution in [0.3, 0.4) is 0 Å². The molecule has 94 valence electrons. The van der Waals surface area contributed by atoms with Crippen LogP contribution in [0.1, 0.15) is 23.4 Å². The van der Waals surface area contributed by atoms with Crippen LogP contribution in [0.2, 0.25) is 0 Å². The Hall–Kier alpha value is -1.19. The number of aryl methyl sites for hydroxylation is 1. The molecule has 1 N–H and O–H groups in total. The molecular weight excluding hydrogens is 240 g/mol. The highest BCUT2D eigenvalue weighted by atomic mass is 32.1. The summed E-state index contributed by atoms with van der Waals surface area (Å²) in [6.45, 7) is 3.17. The third-order valence-electron chi connectivity index (χ3n) is 3.64. The molecule has 0 aliphatic heterocycles. The maximum absolute atomic E-state index is 4.85. The van der Waals surface area contributed by atoms with Gasteiger partial charge in [0.1, 0.15) is 5.01 Å². The van der Waals surface area contributed by atoms with Crippen LogP contribution in [0.15, 0.2) is 29.6 Å². The van der Waals surface area contributed by atoms with Gasteiger partial charge in [-0.25, -0.2) is 4.98 Å². The van der Waals surface area contributed by atoms with Crippen LogP contribution in [-0.2, 0) is 5.41 Å². The van der Waals surface area contributed by atoms with Crippen LogP contribution >= 0.6 is 11.3 Å². The Bertz CT molecular complexity index is 555. The number of hydrogen-bond acceptors (Lipinski definition) is 3. The van der Waals surface area contributed by atoms with E-state index in [0.717, 1.165) is 12.2 Å². The minimum absolute atomic E-state index is 0.335. The minimum Gasteiger partial charge on any atom is -0.319 e. The van der Waals surface area contributed by atoms with Crippen molar-refractivity contribution in [3.63, 3.8) is 0 Å². The van der Waals surface area contributed by atoms with Gasteiger partial charge in [-0.3, -0.25) is 0 Å². The number of rotatable bonds is 4. The summed E-state index contributed by atoms with van der Waals surface area (Å²) in [6.07, 6.45) is 2.54. The first-order valence-corrected chi connectivity index (χ1v) is 7.29. The van der Waals surface area contributed by atoms with E-state index in [4.69, 9.17) is 4.98 Å². The van der Waals surface area contributed by atoms with Gasteiger partial charge in [0.25, 0.3) is 0 Å². The van der Waals surface area contributed by atoms with E-state index in [9.17, 15) is 0 Å². The molecule has 1 aromatic carbocycles. The molecule has 0 atom stereocenters. The van der Waals surface area contributed by atoms with E-state index in [2.05, 4.69) is 41.9 Å². The van der Waals surface area contributed by atoms with Gasteiger partial charge in [0.05, 0.1) is 5.69 Å². The largest absolute Gasteiger partial charge is 0.319 e. The third-order valence-corrected chi connectivity index (χ3v) is 4.73. The predicted molar refractivity (Wildman–Crippen MR) is 77.1 cm³/mol. The number of likely N-dealkylation sites (N-methyl/N-ethyl adjacent to an activating group) is 1. The number of aromatic nitrogens is 1. The number of benzene rings is 1. The zero-order chi connectivity index (χ0) is 12.6. The normalized spacial score (nSPS) is 16.8. The quantitative estimate of drug-likeness (QED) is 0.909. The molecule has 1 heterocycles. The van der Waals surface area contributed by atoms with E-state index in [0.29, 0.717) is 5.41 Å². The van der Waals surface area contributed by atoms with E-state index in [1.54, 1.807) is 0 Å². The second-order valence-corrected chi connectivity index (χ2v) is 6.08. The molecule has 18 heavy (non-hydrogen) atoms. The minimum atomic E-state index is 0.335. The van der Waals surface area contributed by atoms with Crippen LogP contribution < -0.4 is 5.32 Å². The fourth-order valence-corrected chi connectivity index (χ4v) is 3.50. The summed E-state index contributed by atoms with van der Waals surface area (Å²) in [4.78, 5) is 4.85. The van der Waals surface area contributed by atoms with E-state index in [1.165, 1.54) is 29.0 Å². The zero-order valence-electron chi connectivity index (χ0n) is 10.9. The molecule has 3 heteroatoms. The molecule has 3 rings (SSSR count). The molecular formula is C15H18N2S. The summed E-state index contributed by atoms with van der Waals surface area (Å²) in [6, 6.07) is 8.57. The second kappa shape index (κ2) is 4.48. The van der Waals surface area contributed by atoms with E-state index >= 15 is 0 Å². The standard InChI is InChI=1S/C15H18N2S/c1-11-4-3-5-12(8-11)13-9-18-14(17-13)15(6-7-15)10-16-2/h3-5,8-9,16H,6-7,10H2,1-2H3. The van der Waals surface area contributed by atoms with Gasteiger partial charge in [-0.05, 0) is 32.9 Å². The lowest BCUT2D eigenvalue weighted by Gasteiger charge is -2.10. The van der Waals surface area contributed by atoms with Gasteiger partial charge in [-0.1, -0.05) is 23.8 Å². The van der Waals surface area contributed by atoms with Crippen molar-refractivity contribution in [2.45, 2.75) is 25.2 Å². The number of thiazole rings is 1. The van der Waals surface area contributed by atoms with Crippen LogP contribution in [0.5, 0.6) is 0 Å². The highest BCUT2D eigenvalue weighted by Crippen LogP contribution is 2.49. The number of hydrogen-bond donors (Lipinski definition) is 1. The molecule has 1 saturated carbocycles.